The van der Waals surface area contributed by atoms with Gasteiger partial charge in [-0.15, -0.1) is 11.8 Å². The van der Waals surface area contributed by atoms with Crippen molar-refractivity contribution in [3.63, 3.8) is 0 Å². The summed E-state index contributed by atoms with van der Waals surface area (Å²) in [5, 5.41) is 3.26. The maximum Gasteiger partial charge on any atom is 0.254 e. The molecule has 1 amide bonds. The van der Waals surface area contributed by atoms with E-state index in [9.17, 15) is 18.0 Å². The lowest BCUT2D eigenvalue weighted by atomic mass is 10.1. The Hall–Kier alpha value is -2.80. The molecular formula is C22H19F3N2OS. The van der Waals surface area contributed by atoms with Gasteiger partial charge >= 0.3 is 0 Å². The highest BCUT2D eigenvalue weighted by Gasteiger charge is 2.13. The second-order valence-corrected chi connectivity index (χ2v) is 7.48. The van der Waals surface area contributed by atoms with Gasteiger partial charge in [-0.3, -0.25) is 4.79 Å². The molecule has 0 fully saturated rings. The van der Waals surface area contributed by atoms with Gasteiger partial charge in [0.05, 0.1) is 5.56 Å². The lowest BCUT2D eigenvalue weighted by molar-refractivity contribution is 0.0947. The van der Waals surface area contributed by atoms with Crippen molar-refractivity contribution in [2.24, 2.45) is 0 Å². The number of pyridine rings is 1. The third-order valence-corrected chi connectivity index (χ3v) is 5.24. The third-order valence-electron chi connectivity index (χ3n) is 4.15. The summed E-state index contributed by atoms with van der Waals surface area (Å²) in [7, 11) is 0. The Labute approximate surface area is 171 Å². The van der Waals surface area contributed by atoms with Crippen molar-refractivity contribution < 1.29 is 18.0 Å². The minimum absolute atomic E-state index is 0.0110. The van der Waals surface area contributed by atoms with E-state index in [1.807, 2.05) is 0 Å². The van der Waals surface area contributed by atoms with E-state index in [1.54, 1.807) is 30.5 Å². The minimum Gasteiger partial charge on any atom is -0.348 e. The average Bonchev–Trinajstić information content (AvgIpc) is 2.70. The fourth-order valence-electron chi connectivity index (χ4n) is 2.77. The van der Waals surface area contributed by atoms with E-state index < -0.39 is 11.6 Å². The molecule has 0 aliphatic rings. The van der Waals surface area contributed by atoms with Crippen LogP contribution in [0.3, 0.4) is 0 Å². The van der Waals surface area contributed by atoms with Crippen LogP contribution < -0.4 is 5.32 Å². The summed E-state index contributed by atoms with van der Waals surface area (Å²) in [5.41, 5.74) is 1.80. The smallest absolute Gasteiger partial charge is 0.254 e. The summed E-state index contributed by atoms with van der Waals surface area (Å²) >= 11 is 1.46. The number of halogens is 3. The molecule has 29 heavy (non-hydrogen) atoms. The number of aryl methyl sites for hydroxylation is 1. The number of hydrogen-bond acceptors (Lipinski definition) is 3. The zero-order chi connectivity index (χ0) is 20.6. The molecule has 0 aliphatic carbocycles. The van der Waals surface area contributed by atoms with Gasteiger partial charge in [-0.2, -0.15) is 0 Å². The molecule has 0 aliphatic heterocycles. The van der Waals surface area contributed by atoms with Gasteiger partial charge in [-0.25, -0.2) is 18.2 Å². The first kappa shape index (κ1) is 20.9. The van der Waals surface area contributed by atoms with Gasteiger partial charge in [0.25, 0.3) is 5.91 Å². The van der Waals surface area contributed by atoms with Crippen LogP contribution in [-0.4, -0.2) is 16.6 Å². The molecule has 0 spiro atoms. The first-order valence-corrected chi connectivity index (χ1v) is 10.1. The maximum absolute atomic E-state index is 13.3. The fraction of sp³-hybridized carbons (Fsp3) is 0.182. The molecule has 1 aromatic heterocycles. The molecule has 150 valence electrons. The van der Waals surface area contributed by atoms with Crippen LogP contribution >= 0.6 is 11.8 Å². The molecule has 0 saturated carbocycles. The van der Waals surface area contributed by atoms with Crippen LogP contribution in [0, 0.1) is 17.5 Å². The van der Waals surface area contributed by atoms with Crippen molar-refractivity contribution in [1.82, 2.24) is 10.3 Å². The molecule has 0 atom stereocenters. The first-order valence-electron chi connectivity index (χ1n) is 9.07. The summed E-state index contributed by atoms with van der Waals surface area (Å²) in [6.45, 7) is 0.0110. The Bertz CT molecular complexity index is 960. The Morgan fingerprint density at radius 3 is 2.38 bits per heavy atom. The summed E-state index contributed by atoms with van der Waals surface area (Å²) < 4.78 is 39.5. The molecule has 0 radical (unpaired) electrons. The van der Waals surface area contributed by atoms with Crippen LogP contribution in [0.4, 0.5) is 13.2 Å². The number of benzene rings is 2. The van der Waals surface area contributed by atoms with Crippen LogP contribution in [-0.2, 0) is 13.0 Å². The number of nitrogens with zero attached hydrogens (tertiary/aromatic N) is 1. The lowest BCUT2D eigenvalue weighted by Crippen LogP contribution is -2.23. The summed E-state index contributed by atoms with van der Waals surface area (Å²) in [6.07, 6.45) is 3.25. The zero-order valence-electron chi connectivity index (χ0n) is 15.5. The molecule has 0 bridgehead atoms. The molecule has 3 nitrogen and oxygen atoms in total. The van der Waals surface area contributed by atoms with E-state index in [2.05, 4.69) is 10.3 Å². The van der Waals surface area contributed by atoms with Crippen LogP contribution in [0.1, 0.15) is 27.9 Å². The summed E-state index contributed by atoms with van der Waals surface area (Å²) in [4.78, 5) is 16.8. The topological polar surface area (TPSA) is 42.0 Å². The standard InChI is InChI=1S/C22H19F3N2OS/c23-17-7-5-15(6-8-17)3-2-10-29-22-20(4-1-9-26-22)21(28)27-14-16-11-18(24)13-19(25)12-16/h1,4-9,11-13H,2-3,10,14H2,(H,27,28). The normalized spacial score (nSPS) is 10.7. The van der Waals surface area contributed by atoms with Gasteiger partial charge in [0, 0.05) is 18.8 Å². The number of carbonyl (C=O) groups excluding carboxylic acids is 1. The molecule has 2 aromatic carbocycles. The summed E-state index contributed by atoms with van der Waals surface area (Å²) in [6, 6.07) is 12.9. The van der Waals surface area contributed by atoms with Crippen molar-refractivity contribution in [3.05, 3.63) is 94.9 Å². The molecule has 7 heteroatoms. The lowest BCUT2D eigenvalue weighted by Gasteiger charge is -2.09. The molecule has 3 rings (SSSR count). The highest BCUT2D eigenvalue weighted by Crippen LogP contribution is 2.22. The number of amides is 1. The quantitative estimate of drug-likeness (QED) is 0.408. The zero-order valence-corrected chi connectivity index (χ0v) is 16.3. The number of nitrogens with one attached hydrogen (secondary N) is 1. The van der Waals surface area contributed by atoms with E-state index >= 15 is 0 Å². The predicted octanol–water partition coefficient (Wildman–Crippen LogP) is 5.15. The van der Waals surface area contributed by atoms with Gasteiger partial charge in [0.1, 0.15) is 22.5 Å². The molecule has 1 N–H and O–H groups in total. The van der Waals surface area contributed by atoms with Gasteiger partial charge in [0.2, 0.25) is 0 Å². The third kappa shape index (κ3) is 6.35. The molecule has 3 aromatic rings. The largest absolute Gasteiger partial charge is 0.348 e. The molecule has 1 heterocycles. The molecular weight excluding hydrogens is 397 g/mol. The van der Waals surface area contributed by atoms with E-state index in [4.69, 9.17) is 0 Å². The van der Waals surface area contributed by atoms with Crippen LogP contribution in [0.2, 0.25) is 0 Å². The number of hydrogen-bond donors (Lipinski definition) is 1. The summed E-state index contributed by atoms with van der Waals surface area (Å²) in [5.74, 6) is -1.25. The van der Waals surface area contributed by atoms with Gasteiger partial charge in [0.15, 0.2) is 0 Å². The monoisotopic (exact) mass is 416 g/mol. The Morgan fingerprint density at radius 1 is 0.931 bits per heavy atom. The number of aromatic nitrogens is 1. The van der Waals surface area contributed by atoms with E-state index in [0.717, 1.165) is 30.2 Å². The molecule has 0 unspecified atom stereocenters. The average molecular weight is 416 g/mol. The van der Waals surface area contributed by atoms with Crippen LogP contribution in [0.25, 0.3) is 0 Å². The SMILES string of the molecule is O=C(NCc1cc(F)cc(F)c1)c1cccnc1SCCCc1ccc(F)cc1. The van der Waals surface area contributed by atoms with Crippen molar-refractivity contribution in [1.29, 1.82) is 0 Å². The fourth-order valence-corrected chi connectivity index (χ4v) is 3.70. The van der Waals surface area contributed by atoms with E-state index in [1.165, 1.54) is 36.0 Å². The van der Waals surface area contributed by atoms with Gasteiger partial charge < -0.3 is 5.32 Å². The maximum atomic E-state index is 13.3. The first-order chi connectivity index (χ1) is 14.0. The highest BCUT2D eigenvalue weighted by molar-refractivity contribution is 7.99. The minimum atomic E-state index is -0.687. The Kier molecular flexibility index (Phi) is 7.30. The van der Waals surface area contributed by atoms with Gasteiger partial charge in [-0.1, -0.05) is 12.1 Å². The number of rotatable bonds is 8. The van der Waals surface area contributed by atoms with E-state index in [0.29, 0.717) is 16.2 Å². The predicted molar refractivity (Wildman–Crippen MR) is 107 cm³/mol. The van der Waals surface area contributed by atoms with Crippen molar-refractivity contribution in [3.8, 4) is 0 Å². The highest BCUT2D eigenvalue weighted by atomic mass is 32.2. The second kappa shape index (κ2) is 10.1. The van der Waals surface area contributed by atoms with Gasteiger partial charge in [-0.05, 0) is 66.1 Å². The van der Waals surface area contributed by atoms with E-state index in [-0.39, 0.29) is 18.3 Å². The number of thioether (sulfide) groups is 1. The molecule has 0 saturated heterocycles. The van der Waals surface area contributed by atoms with Crippen molar-refractivity contribution in [2.75, 3.05) is 5.75 Å². The number of carbonyl (C=O) groups is 1. The van der Waals surface area contributed by atoms with Crippen LogP contribution in [0.5, 0.6) is 0 Å². The Balaban J connectivity index is 1.54. The van der Waals surface area contributed by atoms with Crippen molar-refractivity contribution >= 4 is 17.7 Å². The van der Waals surface area contributed by atoms with Crippen molar-refractivity contribution in [2.45, 2.75) is 24.4 Å². The second-order valence-electron chi connectivity index (χ2n) is 6.39. The Morgan fingerprint density at radius 2 is 1.66 bits per heavy atom. The van der Waals surface area contributed by atoms with Crippen LogP contribution in [0.15, 0.2) is 65.8 Å².